The van der Waals surface area contributed by atoms with Crippen molar-refractivity contribution in [2.45, 2.75) is 31.1 Å². The van der Waals surface area contributed by atoms with Crippen molar-refractivity contribution < 1.29 is 0 Å². The average Bonchev–Trinajstić information content (AvgIpc) is 2.35. The standard InChI is InChI=1S/C12H16IN3S/c1-2-3-4-7-14-12-15-10-6-5-9(13)8-11(10)17-16-12/h5-6,8H,2-4,7H2,1H3,(H2,14,15,16). The van der Waals surface area contributed by atoms with Crippen LogP contribution < -0.4 is 10.0 Å². The Labute approximate surface area is 120 Å². The second kappa shape index (κ2) is 6.49. The maximum absolute atomic E-state index is 4.51. The maximum atomic E-state index is 4.51. The Balaban J connectivity index is 1.96. The second-order valence-electron chi connectivity index (χ2n) is 3.91. The number of anilines is 1. The molecule has 17 heavy (non-hydrogen) atoms. The molecule has 2 N–H and O–H groups in total. The summed E-state index contributed by atoms with van der Waals surface area (Å²) in [7, 11) is 0. The smallest absolute Gasteiger partial charge is 0.206 e. The minimum atomic E-state index is 0.875. The summed E-state index contributed by atoms with van der Waals surface area (Å²) in [6, 6.07) is 6.37. The SMILES string of the molecule is CCCCCN=C1NSc2cc(I)ccc2N1. The number of fused-ring (bicyclic) bond motifs is 1. The molecule has 0 aliphatic carbocycles. The van der Waals surface area contributed by atoms with Crippen LogP contribution in [0.3, 0.4) is 0 Å². The van der Waals surface area contributed by atoms with Crippen LogP contribution in [0.1, 0.15) is 26.2 Å². The van der Waals surface area contributed by atoms with Crippen molar-refractivity contribution in [1.29, 1.82) is 0 Å². The summed E-state index contributed by atoms with van der Waals surface area (Å²) in [6.45, 7) is 3.10. The summed E-state index contributed by atoms with van der Waals surface area (Å²) < 4.78 is 4.48. The quantitative estimate of drug-likeness (QED) is 0.486. The van der Waals surface area contributed by atoms with Gasteiger partial charge in [0.25, 0.3) is 0 Å². The van der Waals surface area contributed by atoms with Gasteiger partial charge in [-0.05, 0) is 59.2 Å². The topological polar surface area (TPSA) is 36.4 Å². The Bertz CT molecular complexity index is 420. The highest BCUT2D eigenvalue weighted by Crippen LogP contribution is 2.30. The average molecular weight is 361 g/mol. The van der Waals surface area contributed by atoms with Crippen LogP contribution in [0.2, 0.25) is 0 Å². The van der Waals surface area contributed by atoms with Crippen LogP contribution in [0.15, 0.2) is 28.1 Å². The molecule has 0 radical (unpaired) electrons. The van der Waals surface area contributed by atoms with Crippen molar-refractivity contribution in [2.24, 2.45) is 4.99 Å². The first-order chi connectivity index (χ1) is 8.29. The highest BCUT2D eigenvalue weighted by Gasteiger charge is 2.13. The molecule has 2 rings (SSSR count). The molecule has 1 heterocycles. The van der Waals surface area contributed by atoms with Gasteiger partial charge in [0.15, 0.2) is 0 Å². The van der Waals surface area contributed by atoms with Gasteiger partial charge in [-0.15, -0.1) is 0 Å². The molecule has 0 saturated heterocycles. The van der Waals surface area contributed by atoms with Crippen LogP contribution >= 0.6 is 34.5 Å². The van der Waals surface area contributed by atoms with Crippen molar-refractivity contribution >= 4 is 46.2 Å². The van der Waals surface area contributed by atoms with Crippen LogP contribution in [0.4, 0.5) is 5.69 Å². The molecule has 0 amide bonds. The molecule has 0 bridgehead atoms. The summed E-state index contributed by atoms with van der Waals surface area (Å²) in [5.74, 6) is 0.875. The monoisotopic (exact) mass is 361 g/mol. The molecule has 1 aromatic carbocycles. The summed E-state index contributed by atoms with van der Waals surface area (Å²) >= 11 is 3.95. The summed E-state index contributed by atoms with van der Waals surface area (Å²) in [5.41, 5.74) is 1.14. The summed E-state index contributed by atoms with van der Waals surface area (Å²) in [6.07, 6.45) is 3.65. The van der Waals surface area contributed by atoms with Gasteiger partial charge in [0.05, 0.1) is 10.6 Å². The molecule has 5 heteroatoms. The number of hydrogen-bond acceptors (Lipinski definition) is 2. The van der Waals surface area contributed by atoms with Crippen molar-refractivity contribution in [2.75, 3.05) is 11.9 Å². The third-order valence-corrected chi connectivity index (χ3v) is 4.01. The Morgan fingerprint density at radius 1 is 1.35 bits per heavy atom. The lowest BCUT2D eigenvalue weighted by Crippen LogP contribution is -2.29. The molecule has 0 saturated carbocycles. The Morgan fingerprint density at radius 3 is 3.06 bits per heavy atom. The van der Waals surface area contributed by atoms with E-state index in [4.69, 9.17) is 0 Å². The number of nitrogens with zero attached hydrogens (tertiary/aromatic N) is 1. The lowest BCUT2D eigenvalue weighted by atomic mass is 10.2. The highest BCUT2D eigenvalue weighted by molar-refractivity contribution is 14.1. The molecule has 0 unspecified atom stereocenters. The maximum Gasteiger partial charge on any atom is 0.206 e. The first-order valence-electron chi connectivity index (χ1n) is 5.83. The highest BCUT2D eigenvalue weighted by atomic mass is 127. The lowest BCUT2D eigenvalue weighted by Gasteiger charge is -2.20. The fourth-order valence-electron chi connectivity index (χ4n) is 1.56. The number of benzene rings is 1. The molecule has 0 fully saturated rings. The molecule has 0 atom stereocenters. The van der Waals surface area contributed by atoms with Gasteiger partial charge in [0, 0.05) is 10.1 Å². The van der Waals surface area contributed by atoms with Crippen LogP contribution in [-0.2, 0) is 0 Å². The number of hydrogen-bond donors (Lipinski definition) is 2. The van der Waals surface area contributed by atoms with Crippen LogP contribution in [0.25, 0.3) is 0 Å². The van der Waals surface area contributed by atoms with E-state index in [1.807, 2.05) is 0 Å². The largest absolute Gasteiger partial charge is 0.325 e. The number of nitrogens with one attached hydrogen (secondary N) is 2. The van der Waals surface area contributed by atoms with Gasteiger partial charge >= 0.3 is 0 Å². The molecule has 1 aliphatic rings. The van der Waals surface area contributed by atoms with Gasteiger partial charge in [-0.3, -0.25) is 9.71 Å². The predicted molar refractivity (Wildman–Crippen MR) is 83.6 cm³/mol. The van der Waals surface area contributed by atoms with E-state index in [9.17, 15) is 0 Å². The zero-order valence-corrected chi connectivity index (χ0v) is 12.8. The van der Waals surface area contributed by atoms with E-state index in [1.165, 1.54) is 21.3 Å². The number of guanidine groups is 1. The molecule has 92 valence electrons. The van der Waals surface area contributed by atoms with E-state index in [-0.39, 0.29) is 0 Å². The van der Waals surface area contributed by atoms with E-state index in [0.29, 0.717) is 0 Å². The summed E-state index contributed by atoms with van der Waals surface area (Å²) in [4.78, 5) is 5.74. The number of aliphatic imine (C=N–C) groups is 1. The van der Waals surface area contributed by atoms with Gasteiger partial charge in [-0.1, -0.05) is 19.8 Å². The lowest BCUT2D eigenvalue weighted by molar-refractivity contribution is 0.727. The number of halogens is 1. The van der Waals surface area contributed by atoms with E-state index < -0.39 is 0 Å². The molecular weight excluding hydrogens is 345 g/mol. The minimum absolute atomic E-state index is 0.875. The Kier molecular flexibility index (Phi) is 4.97. The van der Waals surface area contributed by atoms with Crippen molar-refractivity contribution in [3.05, 3.63) is 21.8 Å². The third kappa shape index (κ3) is 3.77. The molecular formula is C12H16IN3S. The third-order valence-electron chi connectivity index (χ3n) is 2.49. The van der Waals surface area contributed by atoms with Gasteiger partial charge < -0.3 is 5.32 Å². The van der Waals surface area contributed by atoms with Crippen molar-refractivity contribution in [3.8, 4) is 0 Å². The van der Waals surface area contributed by atoms with E-state index >= 15 is 0 Å². The fraction of sp³-hybridized carbons (Fsp3) is 0.417. The number of rotatable bonds is 4. The Morgan fingerprint density at radius 2 is 2.24 bits per heavy atom. The first kappa shape index (κ1) is 13.0. The van der Waals surface area contributed by atoms with Gasteiger partial charge in [0.1, 0.15) is 0 Å². The molecule has 3 nitrogen and oxygen atoms in total. The Hall–Kier alpha value is -0.430. The molecule has 0 spiro atoms. The van der Waals surface area contributed by atoms with Crippen LogP contribution in [-0.4, -0.2) is 12.5 Å². The minimum Gasteiger partial charge on any atom is -0.325 e. The second-order valence-corrected chi connectivity index (χ2v) is 6.00. The van der Waals surface area contributed by atoms with Gasteiger partial charge in [0.2, 0.25) is 5.96 Å². The zero-order chi connectivity index (χ0) is 12.1. The van der Waals surface area contributed by atoms with E-state index in [0.717, 1.165) is 24.6 Å². The first-order valence-corrected chi connectivity index (χ1v) is 7.73. The van der Waals surface area contributed by atoms with Crippen molar-refractivity contribution in [1.82, 2.24) is 4.72 Å². The van der Waals surface area contributed by atoms with Gasteiger partial charge in [-0.2, -0.15) is 0 Å². The zero-order valence-electron chi connectivity index (χ0n) is 9.79. The molecule has 1 aliphatic heterocycles. The van der Waals surface area contributed by atoms with Crippen LogP contribution in [0, 0.1) is 3.57 Å². The normalized spacial score (nSPS) is 16.2. The van der Waals surface area contributed by atoms with Crippen molar-refractivity contribution in [3.63, 3.8) is 0 Å². The fourth-order valence-corrected chi connectivity index (χ4v) is 3.00. The number of unbranched alkanes of at least 4 members (excludes halogenated alkanes) is 2. The predicted octanol–water partition coefficient (Wildman–Crippen LogP) is 3.86. The van der Waals surface area contributed by atoms with Gasteiger partial charge in [-0.25, -0.2) is 0 Å². The van der Waals surface area contributed by atoms with E-state index in [2.05, 4.69) is 62.7 Å². The molecule has 0 aromatic heterocycles. The summed E-state index contributed by atoms with van der Waals surface area (Å²) in [5, 5.41) is 3.32. The van der Waals surface area contributed by atoms with Crippen LogP contribution in [0.5, 0.6) is 0 Å². The molecule has 1 aromatic rings. The van der Waals surface area contributed by atoms with E-state index in [1.54, 1.807) is 11.9 Å².